The number of alkyl halides is 4. The van der Waals surface area contributed by atoms with Gasteiger partial charge in [0, 0.05) is 15.9 Å². The van der Waals surface area contributed by atoms with E-state index in [0.717, 1.165) is 6.07 Å². The van der Waals surface area contributed by atoms with Crippen molar-refractivity contribution >= 4 is 39.1 Å². The molecule has 78 valence electrons. The Morgan fingerprint density at radius 2 is 1.79 bits per heavy atom. The predicted molar refractivity (Wildman–Crippen MR) is 54.1 cm³/mol. The Hall–Kier alpha value is 0.0700. The lowest BCUT2D eigenvalue weighted by Crippen LogP contribution is -2.07. The van der Waals surface area contributed by atoms with Crippen molar-refractivity contribution < 1.29 is 13.2 Å². The molecule has 0 fully saturated rings. The molecule has 0 amide bonds. The summed E-state index contributed by atoms with van der Waals surface area (Å²) >= 11 is 14.3. The highest BCUT2D eigenvalue weighted by atomic mass is 79.9. The molecule has 0 saturated heterocycles. The van der Waals surface area contributed by atoms with Crippen molar-refractivity contribution in [1.82, 2.24) is 0 Å². The van der Waals surface area contributed by atoms with Crippen molar-refractivity contribution in [2.45, 2.75) is 11.5 Å². The van der Waals surface area contributed by atoms with Gasteiger partial charge in [-0.25, -0.2) is 0 Å². The monoisotopic (exact) mass is 306 g/mol. The van der Waals surface area contributed by atoms with E-state index in [2.05, 4.69) is 15.9 Å². The first-order valence-electron chi connectivity index (χ1n) is 3.48. The molecule has 0 aromatic heterocycles. The van der Waals surface area contributed by atoms with Gasteiger partial charge in [0.15, 0.2) is 0 Å². The van der Waals surface area contributed by atoms with Crippen molar-refractivity contribution in [3.63, 3.8) is 0 Å². The maximum atomic E-state index is 12.4. The zero-order valence-corrected chi connectivity index (χ0v) is 9.73. The predicted octanol–water partition coefficient (Wildman–Crippen LogP) is 4.91. The minimum absolute atomic E-state index is 0.189. The van der Waals surface area contributed by atoms with Crippen molar-refractivity contribution in [2.24, 2.45) is 0 Å². The molecule has 14 heavy (non-hydrogen) atoms. The van der Waals surface area contributed by atoms with Gasteiger partial charge >= 0.3 is 6.18 Å². The van der Waals surface area contributed by atoms with E-state index in [1.807, 2.05) is 0 Å². The van der Waals surface area contributed by atoms with Crippen LogP contribution >= 0.6 is 39.1 Å². The maximum absolute atomic E-state index is 12.4. The van der Waals surface area contributed by atoms with E-state index >= 15 is 0 Å². The summed E-state index contributed by atoms with van der Waals surface area (Å²) in [5, 5.41) is 0.0657. The van der Waals surface area contributed by atoms with Crippen molar-refractivity contribution in [2.75, 3.05) is 0 Å². The number of hydrogen-bond donors (Lipinski definition) is 0. The average Bonchev–Trinajstić information content (AvgIpc) is 2.02. The Morgan fingerprint density at radius 1 is 1.21 bits per heavy atom. The van der Waals surface area contributed by atoms with Gasteiger partial charge in [0.05, 0.1) is 10.6 Å². The molecular formula is C8H4BrCl2F3. The smallest absolute Gasteiger partial charge is 0.166 e. The van der Waals surface area contributed by atoms with E-state index in [1.54, 1.807) is 0 Å². The first-order chi connectivity index (χ1) is 6.38. The maximum Gasteiger partial charge on any atom is 0.417 e. The second-order valence-electron chi connectivity index (χ2n) is 2.52. The van der Waals surface area contributed by atoms with E-state index in [0.29, 0.717) is 0 Å². The third kappa shape index (κ3) is 2.35. The largest absolute Gasteiger partial charge is 0.417 e. The van der Waals surface area contributed by atoms with Crippen molar-refractivity contribution in [3.05, 3.63) is 33.3 Å². The highest BCUT2D eigenvalue weighted by Gasteiger charge is 2.34. The van der Waals surface area contributed by atoms with Crippen molar-refractivity contribution in [3.8, 4) is 0 Å². The molecule has 6 heteroatoms. The molecule has 1 aromatic rings. The Kier molecular flexibility index (Phi) is 3.72. The van der Waals surface area contributed by atoms with Gasteiger partial charge < -0.3 is 0 Å². The molecule has 0 N–H and O–H groups in total. The molecule has 0 heterocycles. The van der Waals surface area contributed by atoms with Gasteiger partial charge in [-0.2, -0.15) is 13.2 Å². The lowest BCUT2D eigenvalue weighted by molar-refractivity contribution is -0.137. The normalized spacial score (nSPS) is 11.9. The summed E-state index contributed by atoms with van der Waals surface area (Å²) in [4.78, 5) is 0. The van der Waals surface area contributed by atoms with Crippen LogP contribution in [0.5, 0.6) is 0 Å². The van der Waals surface area contributed by atoms with Gasteiger partial charge in [0.25, 0.3) is 0 Å². The summed E-state index contributed by atoms with van der Waals surface area (Å²) in [5.41, 5.74) is -0.610. The molecule has 0 nitrogen and oxygen atoms in total. The molecular weight excluding hydrogens is 304 g/mol. The van der Waals surface area contributed by atoms with Gasteiger partial charge in [-0.3, -0.25) is 0 Å². The number of benzene rings is 1. The van der Waals surface area contributed by atoms with E-state index in [1.165, 1.54) is 6.07 Å². The fraction of sp³-hybridized carbons (Fsp3) is 0.250. The molecule has 0 atom stereocenters. The van der Waals surface area contributed by atoms with Crippen LogP contribution < -0.4 is 0 Å². The highest BCUT2D eigenvalue weighted by molar-refractivity contribution is 9.08. The first kappa shape index (κ1) is 12.1. The van der Waals surface area contributed by atoms with Gasteiger partial charge in [-0.15, -0.1) is 0 Å². The molecule has 0 saturated carbocycles. The molecule has 0 radical (unpaired) electrons. The van der Waals surface area contributed by atoms with Gasteiger partial charge in [-0.1, -0.05) is 39.1 Å². The van der Waals surface area contributed by atoms with Crippen LogP contribution in [-0.2, 0) is 11.5 Å². The van der Waals surface area contributed by atoms with Crippen LogP contribution in [0.25, 0.3) is 0 Å². The summed E-state index contributed by atoms with van der Waals surface area (Å²) in [7, 11) is 0. The van der Waals surface area contributed by atoms with E-state index < -0.39 is 11.7 Å². The Morgan fingerprint density at radius 3 is 2.21 bits per heavy atom. The van der Waals surface area contributed by atoms with Crippen LogP contribution in [0.1, 0.15) is 11.1 Å². The zero-order chi connectivity index (χ0) is 10.9. The van der Waals surface area contributed by atoms with Crippen LogP contribution in [0.3, 0.4) is 0 Å². The van der Waals surface area contributed by atoms with Crippen LogP contribution in [0.2, 0.25) is 10.0 Å². The summed E-state index contributed by atoms with van der Waals surface area (Å²) < 4.78 is 37.1. The Bertz CT molecular complexity index is 349. The minimum Gasteiger partial charge on any atom is -0.166 e. The molecule has 0 aliphatic rings. The molecule has 0 aliphatic carbocycles. The molecule has 0 unspecified atom stereocenters. The fourth-order valence-electron chi connectivity index (χ4n) is 0.939. The number of halogens is 6. The number of rotatable bonds is 1. The molecule has 1 aromatic carbocycles. The zero-order valence-electron chi connectivity index (χ0n) is 6.63. The van der Waals surface area contributed by atoms with Crippen LogP contribution in [-0.4, -0.2) is 0 Å². The van der Waals surface area contributed by atoms with Crippen molar-refractivity contribution in [1.29, 1.82) is 0 Å². The molecule has 0 bridgehead atoms. The SMILES string of the molecule is FC(F)(F)c1ccc(Cl)c(CBr)c1Cl. The quantitative estimate of drug-likeness (QED) is 0.647. The summed E-state index contributed by atoms with van der Waals surface area (Å²) in [6.07, 6.45) is -4.45. The molecule has 1 rings (SSSR count). The Labute approximate surface area is 97.1 Å². The van der Waals surface area contributed by atoms with Crippen LogP contribution in [0.4, 0.5) is 13.2 Å². The topological polar surface area (TPSA) is 0 Å². The first-order valence-corrected chi connectivity index (χ1v) is 5.35. The van der Waals surface area contributed by atoms with Gasteiger partial charge in [0.1, 0.15) is 0 Å². The second kappa shape index (κ2) is 4.29. The minimum atomic E-state index is -4.45. The second-order valence-corrected chi connectivity index (χ2v) is 3.86. The third-order valence-electron chi connectivity index (χ3n) is 1.63. The fourth-order valence-corrected chi connectivity index (χ4v) is 2.46. The van der Waals surface area contributed by atoms with Gasteiger partial charge in [0.2, 0.25) is 0 Å². The molecule has 0 spiro atoms. The third-order valence-corrected chi connectivity index (χ3v) is 2.97. The van der Waals surface area contributed by atoms with Crippen LogP contribution in [0.15, 0.2) is 12.1 Å². The average molecular weight is 308 g/mol. The van der Waals surface area contributed by atoms with E-state index in [-0.39, 0.29) is 20.9 Å². The van der Waals surface area contributed by atoms with Crippen LogP contribution in [0, 0.1) is 0 Å². The van der Waals surface area contributed by atoms with Gasteiger partial charge in [-0.05, 0) is 12.1 Å². The lowest BCUT2D eigenvalue weighted by atomic mass is 10.1. The standard InChI is InChI=1S/C8H4BrCl2F3/c9-3-4-6(10)2-1-5(7(4)11)8(12,13)14/h1-2H,3H2. The van der Waals surface area contributed by atoms with E-state index in [9.17, 15) is 13.2 Å². The molecule has 0 aliphatic heterocycles. The Balaban J connectivity index is 3.36. The summed E-state index contributed by atoms with van der Waals surface area (Å²) in [6.45, 7) is 0. The summed E-state index contributed by atoms with van der Waals surface area (Å²) in [5.74, 6) is 0. The van der Waals surface area contributed by atoms with E-state index in [4.69, 9.17) is 23.2 Å². The highest BCUT2D eigenvalue weighted by Crippen LogP contribution is 2.39. The lowest BCUT2D eigenvalue weighted by Gasteiger charge is -2.12. The number of hydrogen-bond acceptors (Lipinski definition) is 0. The summed E-state index contributed by atoms with van der Waals surface area (Å²) in [6, 6.07) is 2.06.